The molecule has 0 amide bonds. The zero-order valence-electron chi connectivity index (χ0n) is 11.4. The van der Waals surface area contributed by atoms with Crippen molar-refractivity contribution in [1.29, 1.82) is 0 Å². The fourth-order valence-corrected chi connectivity index (χ4v) is 1.72. The summed E-state index contributed by atoms with van der Waals surface area (Å²) in [5, 5.41) is 16.2. The molecule has 1 aromatic rings. The van der Waals surface area contributed by atoms with E-state index in [9.17, 15) is 4.79 Å². The maximum absolute atomic E-state index is 11.0. The molecule has 0 radical (unpaired) electrons. The van der Waals surface area contributed by atoms with Gasteiger partial charge >= 0.3 is 5.97 Å². The number of aliphatic hydroxyl groups is 2. The number of rotatable bonds is 5. The van der Waals surface area contributed by atoms with E-state index in [1.165, 1.54) is 6.08 Å². The SMILES string of the molecule is C=CC(=O)OC1C=Cc2ccccc21.OCCCCO. The zero-order chi connectivity index (χ0) is 14.8. The van der Waals surface area contributed by atoms with E-state index in [0.29, 0.717) is 0 Å². The molecule has 2 rings (SSSR count). The summed E-state index contributed by atoms with van der Waals surface area (Å²) < 4.78 is 5.14. The lowest BCUT2D eigenvalue weighted by molar-refractivity contribution is -0.141. The summed E-state index contributed by atoms with van der Waals surface area (Å²) in [5.74, 6) is -0.392. The molecule has 0 saturated heterocycles. The second-order valence-electron chi connectivity index (χ2n) is 4.20. The second kappa shape index (κ2) is 9.07. The molecule has 2 N–H and O–H groups in total. The van der Waals surface area contributed by atoms with E-state index in [-0.39, 0.29) is 19.3 Å². The molecule has 0 aliphatic heterocycles. The van der Waals surface area contributed by atoms with Crippen LogP contribution in [-0.4, -0.2) is 29.4 Å². The fourth-order valence-electron chi connectivity index (χ4n) is 1.72. The highest BCUT2D eigenvalue weighted by Gasteiger charge is 2.18. The lowest BCUT2D eigenvalue weighted by atomic mass is 10.1. The van der Waals surface area contributed by atoms with Crippen LogP contribution in [0.3, 0.4) is 0 Å². The molecule has 0 heterocycles. The van der Waals surface area contributed by atoms with Gasteiger partial charge in [-0.3, -0.25) is 0 Å². The van der Waals surface area contributed by atoms with Gasteiger partial charge in [-0.15, -0.1) is 0 Å². The Hall–Kier alpha value is -1.91. The quantitative estimate of drug-likeness (QED) is 0.492. The highest BCUT2D eigenvalue weighted by molar-refractivity contribution is 5.82. The summed E-state index contributed by atoms with van der Waals surface area (Å²) in [6, 6.07) is 7.84. The molecule has 0 fully saturated rings. The van der Waals surface area contributed by atoms with Crippen molar-refractivity contribution in [3.8, 4) is 0 Å². The molecule has 1 unspecified atom stereocenters. The van der Waals surface area contributed by atoms with Crippen LogP contribution in [-0.2, 0) is 9.53 Å². The van der Waals surface area contributed by atoms with E-state index in [0.717, 1.165) is 24.0 Å². The lowest BCUT2D eigenvalue weighted by Crippen LogP contribution is -2.05. The Kier molecular flexibility index (Phi) is 7.32. The average Bonchev–Trinajstić information content (AvgIpc) is 2.89. The Balaban J connectivity index is 0.000000286. The van der Waals surface area contributed by atoms with E-state index in [1.54, 1.807) is 0 Å². The molecule has 20 heavy (non-hydrogen) atoms. The largest absolute Gasteiger partial charge is 0.450 e. The highest BCUT2D eigenvalue weighted by Crippen LogP contribution is 2.30. The van der Waals surface area contributed by atoms with Gasteiger partial charge in [0.15, 0.2) is 0 Å². The monoisotopic (exact) mass is 276 g/mol. The van der Waals surface area contributed by atoms with Crippen molar-refractivity contribution in [3.05, 3.63) is 54.1 Å². The molecule has 4 nitrogen and oxygen atoms in total. The van der Waals surface area contributed by atoms with Crippen LogP contribution in [0.15, 0.2) is 43.0 Å². The summed E-state index contributed by atoms with van der Waals surface area (Å²) in [6.07, 6.45) is 6.18. The first kappa shape index (κ1) is 16.1. The van der Waals surface area contributed by atoms with Crippen molar-refractivity contribution in [2.45, 2.75) is 18.9 Å². The van der Waals surface area contributed by atoms with Crippen molar-refractivity contribution in [2.75, 3.05) is 13.2 Å². The van der Waals surface area contributed by atoms with Crippen molar-refractivity contribution >= 4 is 12.0 Å². The number of unbranched alkanes of at least 4 members (excludes halogenated alkanes) is 1. The highest BCUT2D eigenvalue weighted by atomic mass is 16.5. The zero-order valence-corrected chi connectivity index (χ0v) is 11.4. The molecule has 0 spiro atoms. The molecular formula is C16H20O4. The molecule has 1 aromatic carbocycles. The van der Waals surface area contributed by atoms with Gasteiger partial charge in [0.05, 0.1) is 0 Å². The predicted molar refractivity (Wildman–Crippen MR) is 77.9 cm³/mol. The van der Waals surface area contributed by atoms with Crippen LogP contribution in [0.5, 0.6) is 0 Å². The van der Waals surface area contributed by atoms with Gasteiger partial charge in [-0.05, 0) is 24.5 Å². The Morgan fingerprint density at radius 1 is 1.25 bits per heavy atom. The number of esters is 1. The Morgan fingerprint density at radius 3 is 2.50 bits per heavy atom. The van der Waals surface area contributed by atoms with Crippen molar-refractivity contribution < 1.29 is 19.7 Å². The maximum Gasteiger partial charge on any atom is 0.331 e. The molecule has 0 aromatic heterocycles. The molecule has 1 aliphatic rings. The third-order valence-electron chi connectivity index (χ3n) is 2.73. The van der Waals surface area contributed by atoms with Gasteiger partial charge in [0.2, 0.25) is 0 Å². The predicted octanol–water partition coefficient (Wildman–Crippen LogP) is 2.23. The normalized spacial score (nSPS) is 15.0. The maximum atomic E-state index is 11.0. The van der Waals surface area contributed by atoms with E-state index >= 15 is 0 Å². The number of fused-ring (bicyclic) bond motifs is 1. The minimum Gasteiger partial charge on any atom is -0.450 e. The van der Waals surface area contributed by atoms with Gasteiger partial charge in [0, 0.05) is 24.9 Å². The van der Waals surface area contributed by atoms with Crippen LogP contribution in [0.25, 0.3) is 6.08 Å². The van der Waals surface area contributed by atoms with Crippen LogP contribution in [0.2, 0.25) is 0 Å². The van der Waals surface area contributed by atoms with Gasteiger partial charge in [0.1, 0.15) is 6.10 Å². The summed E-state index contributed by atoms with van der Waals surface area (Å²) in [4.78, 5) is 11.0. The Labute approximate surface area is 119 Å². The topological polar surface area (TPSA) is 66.8 Å². The van der Waals surface area contributed by atoms with Crippen molar-refractivity contribution in [3.63, 3.8) is 0 Å². The van der Waals surface area contributed by atoms with Gasteiger partial charge in [-0.2, -0.15) is 0 Å². The average molecular weight is 276 g/mol. The third-order valence-corrected chi connectivity index (χ3v) is 2.73. The van der Waals surface area contributed by atoms with Gasteiger partial charge < -0.3 is 14.9 Å². The first-order valence-electron chi connectivity index (χ1n) is 6.54. The number of ether oxygens (including phenoxy) is 1. The standard InChI is InChI=1S/C12H10O2.C4H10O2/c1-2-12(13)14-11-8-7-9-5-3-4-6-10(9)11;5-3-1-2-4-6/h2-8,11H,1H2;5-6H,1-4H2. The molecule has 1 atom stereocenters. The third kappa shape index (κ3) is 4.99. The summed E-state index contributed by atoms with van der Waals surface area (Å²) >= 11 is 0. The van der Waals surface area contributed by atoms with E-state index < -0.39 is 5.97 Å². The number of aliphatic hydroxyl groups excluding tert-OH is 2. The molecule has 4 heteroatoms. The first-order chi connectivity index (χ1) is 9.72. The van der Waals surface area contributed by atoms with E-state index in [4.69, 9.17) is 14.9 Å². The van der Waals surface area contributed by atoms with Gasteiger partial charge in [-0.1, -0.05) is 36.9 Å². The number of benzene rings is 1. The van der Waals surface area contributed by atoms with E-state index in [2.05, 4.69) is 6.58 Å². The number of hydrogen-bond acceptors (Lipinski definition) is 4. The molecular weight excluding hydrogens is 256 g/mol. The van der Waals surface area contributed by atoms with Crippen LogP contribution in [0.1, 0.15) is 30.1 Å². The molecule has 0 saturated carbocycles. The number of carbonyl (C=O) groups is 1. The minimum atomic E-state index is -0.392. The lowest BCUT2D eigenvalue weighted by Gasteiger charge is -2.10. The van der Waals surface area contributed by atoms with Gasteiger partial charge in [0.25, 0.3) is 0 Å². The van der Waals surface area contributed by atoms with Crippen LogP contribution < -0.4 is 0 Å². The first-order valence-corrected chi connectivity index (χ1v) is 6.54. The summed E-state index contributed by atoms with van der Waals surface area (Å²) in [7, 11) is 0. The van der Waals surface area contributed by atoms with E-state index in [1.807, 2.05) is 36.4 Å². The second-order valence-corrected chi connectivity index (χ2v) is 4.20. The van der Waals surface area contributed by atoms with Crippen LogP contribution >= 0.6 is 0 Å². The van der Waals surface area contributed by atoms with Crippen LogP contribution in [0, 0.1) is 0 Å². The molecule has 108 valence electrons. The number of hydrogen-bond donors (Lipinski definition) is 2. The molecule has 0 bridgehead atoms. The summed E-state index contributed by atoms with van der Waals surface area (Å²) in [5.41, 5.74) is 2.14. The van der Waals surface area contributed by atoms with Gasteiger partial charge in [-0.25, -0.2) is 4.79 Å². The van der Waals surface area contributed by atoms with Crippen LogP contribution in [0.4, 0.5) is 0 Å². The summed E-state index contributed by atoms with van der Waals surface area (Å²) in [6.45, 7) is 3.75. The minimum absolute atomic E-state index is 0.195. The molecule has 1 aliphatic carbocycles. The number of carbonyl (C=O) groups excluding carboxylic acids is 1. The fraction of sp³-hybridized carbons (Fsp3) is 0.312. The van der Waals surface area contributed by atoms with Crippen molar-refractivity contribution in [2.24, 2.45) is 0 Å². The Morgan fingerprint density at radius 2 is 1.90 bits per heavy atom. The van der Waals surface area contributed by atoms with Crippen molar-refractivity contribution in [1.82, 2.24) is 0 Å². The Bertz CT molecular complexity index is 461. The smallest absolute Gasteiger partial charge is 0.331 e.